The Balaban J connectivity index is 2.73. The van der Waals surface area contributed by atoms with Crippen LogP contribution < -0.4 is 4.72 Å². The van der Waals surface area contributed by atoms with Crippen molar-refractivity contribution in [1.82, 2.24) is 14.2 Å². The lowest BCUT2D eigenvalue weighted by Gasteiger charge is -2.17. The van der Waals surface area contributed by atoms with Crippen molar-refractivity contribution in [2.24, 2.45) is 0 Å². The molecule has 0 aliphatic rings. The smallest absolute Gasteiger partial charge is 0.279 e. The molecule has 1 aromatic rings. The molecular weight excluding hydrogens is 278 g/mol. The Bertz CT molecular complexity index is 489. The third-order valence-electron chi connectivity index (χ3n) is 3.28. The Morgan fingerprint density at radius 2 is 1.95 bits per heavy atom. The van der Waals surface area contributed by atoms with E-state index in [4.69, 9.17) is 4.52 Å². The molecule has 0 bridgehead atoms. The van der Waals surface area contributed by atoms with E-state index < -0.39 is 10.2 Å². The highest BCUT2D eigenvalue weighted by Crippen LogP contribution is 2.16. The van der Waals surface area contributed by atoms with E-state index >= 15 is 0 Å². The van der Waals surface area contributed by atoms with Crippen molar-refractivity contribution in [3.8, 4) is 0 Å². The number of aromatic nitrogens is 1. The summed E-state index contributed by atoms with van der Waals surface area (Å²) < 4.78 is 33.4. The van der Waals surface area contributed by atoms with Gasteiger partial charge in [0.2, 0.25) is 0 Å². The summed E-state index contributed by atoms with van der Waals surface area (Å²) in [6, 6.07) is 0. The molecule has 7 heteroatoms. The van der Waals surface area contributed by atoms with Crippen molar-refractivity contribution in [3.05, 3.63) is 17.0 Å². The first-order valence-electron chi connectivity index (χ1n) is 7.13. The molecule has 0 saturated heterocycles. The summed E-state index contributed by atoms with van der Waals surface area (Å²) in [5, 5.41) is 3.98. The molecule has 0 aromatic carbocycles. The first-order valence-corrected chi connectivity index (χ1v) is 8.57. The second-order valence-corrected chi connectivity index (χ2v) is 6.60. The zero-order valence-electron chi connectivity index (χ0n) is 12.8. The molecular formula is C13H25N3O3S. The minimum absolute atomic E-state index is 0.231. The molecule has 0 amide bonds. The lowest BCUT2D eigenvalue weighted by molar-refractivity contribution is 0.380. The predicted molar refractivity (Wildman–Crippen MR) is 78.6 cm³/mol. The fourth-order valence-corrected chi connectivity index (χ4v) is 2.83. The third-order valence-corrected chi connectivity index (χ3v) is 4.79. The molecule has 1 rings (SSSR count). The molecule has 0 atom stereocenters. The minimum Gasteiger partial charge on any atom is -0.361 e. The SMILES string of the molecule is CCCCN(C)S(=O)(=O)NCc1c(CC)noc1CC. The first kappa shape index (κ1) is 17.1. The van der Waals surface area contributed by atoms with E-state index in [0.29, 0.717) is 13.0 Å². The highest BCUT2D eigenvalue weighted by atomic mass is 32.2. The number of nitrogens with one attached hydrogen (secondary N) is 1. The van der Waals surface area contributed by atoms with E-state index in [1.54, 1.807) is 7.05 Å². The zero-order chi connectivity index (χ0) is 15.2. The molecule has 0 fully saturated rings. The summed E-state index contributed by atoms with van der Waals surface area (Å²) >= 11 is 0. The van der Waals surface area contributed by atoms with Gasteiger partial charge >= 0.3 is 0 Å². The number of aryl methyl sites for hydroxylation is 2. The quantitative estimate of drug-likeness (QED) is 0.755. The molecule has 1 heterocycles. The summed E-state index contributed by atoms with van der Waals surface area (Å²) in [6.45, 7) is 6.73. The maximum Gasteiger partial charge on any atom is 0.279 e. The fourth-order valence-electron chi connectivity index (χ4n) is 1.91. The van der Waals surface area contributed by atoms with E-state index in [1.807, 2.05) is 20.8 Å². The number of unbranched alkanes of at least 4 members (excludes halogenated alkanes) is 1. The summed E-state index contributed by atoms with van der Waals surface area (Å²) in [5.41, 5.74) is 1.68. The van der Waals surface area contributed by atoms with E-state index in [9.17, 15) is 8.42 Å². The van der Waals surface area contributed by atoms with Gasteiger partial charge in [-0.25, -0.2) is 0 Å². The van der Waals surface area contributed by atoms with Gasteiger partial charge in [0.15, 0.2) is 0 Å². The first-order chi connectivity index (χ1) is 9.46. The van der Waals surface area contributed by atoms with Crippen LogP contribution in [-0.2, 0) is 29.6 Å². The lowest BCUT2D eigenvalue weighted by Crippen LogP contribution is -2.38. The Morgan fingerprint density at radius 1 is 1.25 bits per heavy atom. The maximum absolute atomic E-state index is 12.1. The molecule has 0 aliphatic heterocycles. The van der Waals surface area contributed by atoms with Gasteiger partial charge in [0.1, 0.15) is 5.76 Å². The Hall–Kier alpha value is -0.920. The number of hydrogen-bond acceptors (Lipinski definition) is 4. The van der Waals surface area contributed by atoms with Crippen LogP contribution in [-0.4, -0.2) is 31.5 Å². The van der Waals surface area contributed by atoms with Gasteiger partial charge in [-0.3, -0.25) is 0 Å². The molecule has 0 aliphatic carbocycles. The standard InChI is InChI=1S/C13H25N3O3S/c1-5-8-9-16(4)20(17,18)14-10-11-12(6-2)15-19-13(11)7-3/h14H,5-10H2,1-4H3. The minimum atomic E-state index is -3.44. The van der Waals surface area contributed by atoms with Crippen molar-refractivity contribution >= 4 is 10.2 Å². The molecule has 0 unspecified atom stereocenters. The van der Waals surface area contributed by atoms with Crippen molar-refractivity contribution in [3.63, 3.8) is 0 Å². The normalized spacial score (nSPS) is 12.2. The summed E-state index contributed by atoms with van der Waals surface area (Å²) in [5.74, 6) is 0.751. The Kier molecular flexibility index (Phi) is 6.64. The number of rotatable bonds is 9. The monoisotopic (exact) mass is 303 g/mol. The van der Waals surface area contributed by atoms with Gasteiger partial charge in [-0.1, -0.05) is 32.3 Å². The highest BCUT2D eigenvalue weighted by molar-refractivity contribution is 7.87. The molecule has 0 radical (unpaired) electrons. The van der Waals surface area contributed by atoms with Crippen LogP contribution in [0.25, 0.3) is 0 Å². The maximum atomic E-state index is 12.1. The van der Waals surface area contributed by atoms with Crippen LogP contribution in [0.5, 0.6) is 0 Å². The highest BCUT2D eigenvalue weighted by Gasteiger charge is 2.20. The second-order valence-electron chi connectivity index (χ2n) is 4.74. The molecule has 116 valence electrons. The Morgan fingerprint density at radius 3 is 2.50 bits per heavy atom. The molecule has 1 aromatic heterocycles. The van der Waals surface area contributed by atoms with Crippen LogP contribution in [0.15, 0.2) is 4.52 Å². The van der Waals surface area contributed by atoms with Crippen LogP contribution in [0.2, 0.25) is 0 Å². The van der Waals surface area contributed by atoms with Crippen LogP contribution in [0.3, 0.4) is 0 Å². The van der Waals surface area contributed by atoms with E-state index in [1.165, 1.54) is 4.31 Å². The third kappa shape index (κ3) is 4.29. The topological polar surface area (TPSA) is 75.4 Å². The molecule has 0 spiro atoms. The van der Waals surface area contributed by atoms with Crippen LogP contribution in [0, 0.1) is 0 Å². The largest absolute Gasteiger partial charge is 0.361 e. The van der Waals surface area contributed by atoms with Crippen LogP contribution >= 0.6 is 0 Å². The van der Waals surface area contributed by atoms with E-state index in [0.717, 1.165) is 36.3 Å². The molecule has 1 N–H and O–H groups in total. The summed E-state index contributed by atoms with van der Waals surface area (Å²) in [6.07, 6.45) is 3.25. The Labute approximate surface area is 121 Å². The second kappa shape index (κ2) is 7.75. The van der Waals surface area contributed by atoms with Crippen LogP contribution in [0.1, 0.15) is 50.6 Å². The number of nitrogens with zero attached hydrogens (tertiary/aromatic N) is 2. The van der Waals surface area contributed by atoms with Gasteiger partial charge in [-0.05, 0) is 12.8 Å². The fraction of sp³-hybridized carbons (Fsp3) is 0.769. The van der Waals surface area contributed by atoms with Gasteiger partial charge in [-0.15, -0.1) is 0 Å². The summed E-state index contributed by atoms with van der Waals surface area (Å²) in [7, 11) is -1.85. The summed E-state index contributed by atoms with van der Waals surface area (Å²) in [4.78, 5) is 0. The molecule has 6 nitrogen and oxygen atoms in total. The van der Waals surface area contributed by atoms with Crippen LogP contribution in [0.4, 0.5) is 0 Å². The predicted octanol–water partition coefficient (Wildman–Crippen LogP) is 1.87. The van der Waals surface area contributed by atoms with Crippen molar-refractivity contribution in [2.45, 2.75) is 53.0 Å². The van der Waals surface area contributed by atoms with Crippen molar-refractivity contribution in [2.75, 3.05) is 13.6 Å². The van der Waals surface area contributed by atoms with E-state index in [2.05, 4.69) is 9.88 Å². The zero-order valence-corrected chi connectivity index (χ0v) is 13.6. The molecule has 0 saturated carbocycles. The van der Waals surface area contributed by atoms with Crippen molar-refractivity contribution in [1.29, 1.82) is 0 Å². The lowest BCUT2D eigenvalue weighted by atomic mass is 10.1. The van der Waals surface area contributed by atoms with Gasteiger partial charge < -0.3 is 4.52 Å². The van der Waals surface area contributed by atoms with Gasteiger partial charge in [-0.2, -0.15) is 17.4 Å². The van der Waals surface area contributed by atoms with E-state index in [-0.39, 0.29) is 6.54 Å². The average Bonchev–Trinajstić information content (AvgIpc) is 2.84. The molecule has 20 heavy (non-hydrogen) atoms. The van der Waals surface area contributed by atoms with Gasteiger partial charge in [0.05, 0.1) is 5.69 Å². The number of hydrogen-bond donors (Lipinski definition) is 1. The average molecular weight is 303 g/mol. The van der Waals surface area contributed by atoms with Gasteiger partial charge in [0.25, 0.3) is 10.2 Å². The van der Waals surface area contributed by atoms with Gasteiger partial charge in [0, 0.05) is 32.1 Å². The van der Waals surface area contributed by atoms with Crippen molar-refractivity contribution < 1.29 is 12.9 Å².